The lowest BCUT2D eigenvalue weighted by Crippen LogP contribution is -2.40. The molecule has 7 nitrogen and oxygen atoms in total. The quantitative estimate of drug-likeness (QED) is 0.229. The van der Waals surface area contributed by atoms with Gasteiger partial charge in [0.05, 0.1) is 25.7 Å². The predicted octanol–water partition coefficient (Wildman–Crippen LogP) is 7.67. The van der Waals surface area contributed by atoms with Gasteiger partial charge >= 0.3 is 0 Å². The normalized spacial score (nSPS) is 25.4. The number of aliphatic imine (C=N–C) groups is 3. The molecule has 1 aromatic rings. The first-order valence-corrected chi connectivity index (χ1v) is 15.4. The van der Waals surface area contributed by atoms with Crippen LogP contribution in [0, 0.1) is 24.7 Å². The summed E-state index contributed by atoms with van der Waals surface area (Å²) in [7, 11) is 5.93. The number of rotatable bonds is 10. The number of methoxy groups -OCH3 is 1. The largest absolute Gasteiger partial charge is 0.495 e. The molecule has 2 aliphatic heterocycles. The maximum Gasteiger partial charge on any atom is 0.160 e. The summed E-state index contributed by atoms with van der Waals surface area (Å²) in [6, 6.07) is 7.13. The van der Waals surface area contributed by atoms with Crippen LogP contribution in [0.1, 0.15) is 73.9 Å². The van der Waals surface area contributed by atoms with E-state index in [0.717, 1.165) is 29.9 Å². The number of aryl methyl sites for hydroxylation is 1. The van der Waals surface area contributed by atoms with Crippen LogP contribution < -0.4 is 5.32 Å². The molecule has 7 heteroatoms. The lowest BCUT2D eigenvalue weighted by molar-refractivity contribution is 0.316. The number of hydrogen-bond donors (Lipinski definition) is 1. The molecule has 3 aliphatic rings. The van der Waals surface area contributed by atoms with E-state index in [1.807, 2.05) is 19.3 Å². The van der Waals surface area contributed by atoms with Crippen LogP contribution in [0.5, 0.6) is 0 Å². The van der Waals surface area contributed by atoms with Gasteiger partial charge in [-0.15, -0.1) is 0 Å². The van der Waals surface area contributed by atoms with E-state index >= 15 is 0 Å². The molecule has 5 atom stereocenters. The molecule has 1 saturated carbocycles. The highest BCUT2D eigenvalue weighted by molar-refractivity contribution is 6.07. The molecule has 1 spiro atoms. The summed E-state index contributed by atoms with van der Waals surface area (Å²) in [6.45, 7) is 22.3. The Hall–Kier alpha value is -3.35. The lowest BCUT2D eigenvalue weighted by Gasteiger charge is -2.25. The summed E-state index contributed by atoms with van der Waals surface area (Å²) in [6.07, 6.45) is 11.7. The van der Waals surface area contributed by atoms with Gasteiger partial charge in [-0.1, -0.05) is 66.7 Å². The molecule has 0 amide bonds. The molecule has 1 aromatic carbocycles. The van der Waals surface area contributed by atoms with Crippen molar-refractivity contribution in [2.45, 2.75) is 85.2 Å². The first kappa shape index (κ1) is 33.2. The molecule has 1 N–H and O–H groups in total. The maximum absolute atomic E-state index is 5.15. The second-order valence-corrected chi connectivity index (χ2v) is 13.0. The monoisotopic (exact) mass is 576 g/mol. The van der Waals surface area contributed by atoms with Crippen LogP contribution in [0.2, 0.25) is 0 Å². The van der Waals surface area contributed by atoms with Gasteiger partial charge in [0.25, 0.3) is 0 Å². The smallest absolute Gasteiger partial charge is 0.160 e. The number of benzene rings is 1. The second kappa shape index (κ2) is 13.7. The van der Waals surface area contributed by atoms with E-state index in [1.165, 1.54) is 35.9 Å². The molecule has 0 bridgehead atoms. The summed E-state index contributed by atoms with van der Waals surface area (Å²) >= 11 is 0. The number of amidine groups is 1. The fourth-order valence-corrected chi connectivity index (χ4v) is 5.88. The third-order valence-electron chi connectivity index (χ3n) is 9.01. The zero-order valence-electron chi connectivity index (χ0n) is 27.9. The number of anilines is 1. The van der Waals surface area contributed by atoms with Crippen molar-refractivity contribution in [2.24, 2.45) is 32.7 Å². The van der Waals surface area contributed by atoms with Crippen molar-refractivity contribution >= 4 is 24.1 Å². The number of nitrogens with zero attached hydrogens (tertiary/aromatic N) is 5. The minimum Gasteiger partial charge on any atom is -0.495 e. The summed E-state index contributed by atoms with van der Waals surface area (Å²) in [5.74, 6) is 4.35. The molecule has 1 fully saturated rings. The zero-order valence-corrected chi connectivity index (χ0v) is 27.9. The molecule has 4 rings (SSSR count). The van der Waals surface area contributed by atoms with E-state index in [4.69, 9.17) is 14.7 Å². The standard InChI is InChI=1S/C28H43N5.C7H11NO.H2/c1-10-18(2)13-14-32(8)23-15-20(4)24-25(28(24)26(31-23)29-17-33(28)9)30-22-16-21(27(5,6)7)12-11-19(22)3;1-4-7(9-3)6-8-5-2;/h11-12,15-18,20,24-25,30H,10,13-14H2,1-9H3;4-6H,2H2,1,3H3;1H/b;7-4+,8-6?;/t18?,20?,24-,25?,28?;;/m1../s1. The van der Waals surface area contributed by atoms with E-state index < -0.39 is 0 Å². The van der Waals surface area contributed by atoms with Crippen molar-refractivity contribution in [2.75, 3.05) is 33.1 Å². The van der Waals surface area contributed by atoms with E-state index in [2.05, 4.69) is 114 Å². The Kier molecular flexibility index (Phi) is 10.9. The third-order valence-corrected chi connectivity index (χ3v) is 9.01. The number of hydrogen-bond acceptors (Lipinski definition) is 7. The van der Waals surface area contributed by atoms with Gasteiger partial charge in [0, 0.05) is 39.9 Å². The topological polar surface area (TPSA) is 64.8 Å². The van der Waals surface area contributed by atoms with Gasteiger partial charge in [-0.25, -0.2) is 9.98 Å². The van der Waals surface area contributed by atoms with E-state index in [-0.39, 0.29) is 18.4 Å². The van der Waals surface area contributed by atoms with Crippen molar-refractivity contribution in [3.05, 3.63) is 65.8 Å². The summed E-state index contributed by atoms with van der Waals surface area (Å²) < 4.78 is 4.87. The SMILES string of the molecule is C=CN=C/C(=C\C)OC.CCC(C)CCN(C)C1=CC(C)[C@@H]2C(Nc3cc(C(C)(C)C)ccc3C)C23C(=N1)N=CN3C.[HH]. The van der Waals surface area contributed by atoms with Gasteiger partial charge in [-0.05, 0) is 66.9 Å². The molecule has 0 radical (unpaired) electrons. The maximum atomic E-state index is 5.15. The number of allylic oxidation sites excluding steroid dienone is 3. The van der Waals surface area contributed by atoms with Gasteiger partial charge in [-0.3, -0.25) is 4.99 Å². The van der Waals surface area contributed by atoms with Gasteiger partial charge < -0.3 is 19.9 Å². The lowest BCUT2D eigenvalue weighted by atomic mass is 9.86. The number of ether oxygens (including phenoxy) is 1. The molecule has 0 aromatic heterocycles. The summed E-state index contributed by atoms with van der Waals surface area (Å²) in [5, 5.41) is 3.94. The Morgan fingerprint density at radius 1 is 1.36 bits per heavy atom. The van der Waals surface area contributed by atoms with Gasteiger partial charge in [-0.2, -0.15) is 0 Å². The van der Waals surface area contributed by atoms with E-state index in [9.17, 15) is 0 Å². The van der Waals surface area contributed by atoms with Gasteiger partial charge in [0.15, 0.2) is 5.84 Å². The fraction of sp³-hybridized carbons (Fsp3) is 0.571. The van der Waals surface area contributed by atoms with Crippen molar-refractivity contribution < 1.29 is 6.16 Å². The highest BCUT2D eigenvalue weighted by Crippen LogP contribution is 2.58. The summed E-state index contributed by atoms with van der Waals surface area (Å²) in [4.78, 5) is 18.3. The van der Waals surface area contributed by atoms with Crippen LogP contribution >= 0.6 is 0 Å². The van der Waals surface area contributed by atoms with Gasteiger partial charge in [0.1, 0.15) is 17.1 Å². The second-order valence-electron chi connectivity index (χ2n) is 13.0. The van der Waals surface area contributed by atoms with Crippen molar-refractivity contribution in [1.82, 2.24) is 9.80 Å². The van der Waals surface area contributed by atoms with E-state index in [1.54, 1.807) is 13.3 Å². The summed E-state index contributed by atoms with van der Waals surface area (Å²) in [5.41, 5.74) is 3.84. The zero-order chi connectivity index (χ0) is 31.2. The molecular weight excluding hydrogens is 520 g/mol. The van der Waals surface area contributed by atoms with Crippen molar-refractivity contribution in [3.63, 3.8) is 0 Å². The van der Waals surface area contributed by atoms with Crippen LogP contribution in [-0.2, 0) is 10.2 Å². The Morgan fingerprint density at radius 2 is 2.07 bits per heavy atom. The van der Waals surface area contributed by atoms with Gasteiger partial charge in [0.2, 0.25) is 0 Å². The Labute approximate surface area is 256 Å². The van der Waals surface area contributed by atoms with Crippen molar-refractivity contribution in [3.8, 4) is 0 Å². The third kappa shape index (κ3) is 6.99. The van der Waals surface area contributed by atoms with Crippen molar-refractivity contribution in [1.29, 1.82) is 0 Å². The highest BCUT2D eigenvalue weighted by atomic mass is 16.5. The van der Waals surface area contributed by atoms with Crippen LogP contribution in [0.25, 0.3) is 0 Å². The van der Waals surface area contributed by atoms with Crippen LogP contribution in [-0.4, -0.2) is 67.5 Å². The van der Waals surface area contributed by atoms with Crippen LogP contribution in [0.4, 0.5) is 5.69 Å². The number of likely N-dealkylation sites (N-methyl/N-ethyl adjacent to an activating group) is 1. The molecule has 0 saturated heterocycles. The minimum atomic E-state index is -0.167. The molecule has 42 heavy (non-hydrogen) atoms. The number of nitrogens with one attached hydrogen (secondary N) is 1. The minimum absolute atomic E-state index is 0. The molecular formula is C35H56N6O. The fourth-order valence-electron chi connectivity index (χ4n) is 5.88. The van der Waals surface area contributed by atoms with Crippen LogP contribution in [0.15, 0.2) is 69.7 Å². The predicted molar refractivity (Wildman–Crippen MR) is 183 cm³/mol. The molecule has 232 valence electrons. The van der Waals surface area contributed by atoms with E-state index in [0.29, 0.717) is 11.8 Å². The van der Waals surface area contributed by atoms with Crippen LogP contribution in [0.3, 0.4) is 0 Å². The molecule has 2 heterocycles. The Morgan fingerprint density at radius 3 is 2.67 bits per heavy atom. The first-order valence-electron chi connectivity index (χ1n) is 15.4. The first-order chi connectivity index (χ1) is 19.8. The molecule has 1 aliphatic carbocycles. The molecule has 4 unspecified atom stereocenters. The highest BCUT2D eigenvalue weighted by Gasteiger charge is 2.74. The Balaban J connectivity index is 0.000000563. The Bertz CT molecular complexity index is 1260. The average Bonchev–Trinajstić information content (AvgIpc) is 3.55. The average molecular weight is 577 g/mol.